The first-order valence-electron chi connectivity index (χ1n) is 3.86. The summed E-state index contributed by atoms with van der Waals surface area (Å²) in [5, 5.41) is 0. The van der Waals surface area contributed by atoms with Gasteiger partial charge in [-0.25, -0.2) is 0 Å². The van der Waals surface area contributed by atoms with E-state index >= 15 is 0 Å². The molecular weight excluding hydrogens is 150 g/mol. The van der Waals surface area contributed by atoms with Crippen molar-refractivity contribution in [1.29, 1.82) is 0 Å². The first-order valence-corrected chi connectivity index (χ1v) is 3.86. The Labute approximate surface area is 73.1 Å². The number of pyridine rings is 1. The fraction of sp³-hybridized carbons (Fsp3) is 0.222. The Kier molecular flexibility index (Phi) is 4.53. The Balaban J connectivity index is 0.000000561. The Morgan fingerprint density at radius 3 is 2.42 bits per heavy atom. The van der Waals surface area contributed by atoms with Crippen molar-refractivity contribution < 1.29 is 0 Å². The molecule has 12 heavy (non-hydrogen) atoms. The third kappa shape index (κ3) is 3.05. The van der Waals surface area contributed by atoms with Crippen LogP contribution in [-0.2, 0) is 0 Å². The molecule has 3 nitrogen and oxygen atoms in total. The summed E-state index contributed by atoms with van der Waals surface area (Å²) in [6, 6.07) is 3.38. The summed E-state index contributed by atoms with van der Waals surface area (Å²) in [4.78, 5) is 3.93. The lowest BCUT2D eigenvalue weighted by molar-refractivity contribution is 1.26. The van der Waals surface area contributed by atoms with Crippen molar-refractivity contribution in [2.75, 3.05) is 5.73 Å². The fourth-order valence-corrected chi connectivity index (χ4v) is 0.622. The average molecular weight is 165 g/mol. The van der Waals surface area contributed by atoms with Gasteiger partial charge in [0.25, 0.3) is 0 Å². The SMILES string of the molecule is C=C(N)c1cc(N)ccn1.CC. The smallest absolute Gasteiger partial charge is 0.0873 e. The summed E-state index contributed by atoms with van der Waals surface area (Å²) in [5.41, 5.74) is 12.6. The summed E-state index contributed by atoms with van der Waals surface area (Å²) >= 11 is 0. The quantitative estimate of drug-likeness (QED) is 0.664. The molecule has 0 aliphatic heterocycles. The molecule has 1 rings (SSSR count). The van der Waals surface area contributed by atoms with Crippen LogP contribution in [0.2, 0.25) is 0 Å². The second kappa shape index (κ2) is 5.18. The van der Waals surface area contributed by atoms with Crippen LogP contribution in [0.15, 0.2) is 24.9 Å². The highest BCUT2D eigenvalue weighted by molar-refractivity contribution is 5.59. The number of nitrogens with zero attached hydrogens (tertiary/aromatic N) is 1. The van der Waals surface area contributed by atoms with E-state index in [0.29, 0.717) is 17.1 Å². The maximum atomic E-state index is 5.46. The minimum Gasteiger partial charge on any atom is -0.399 e. The number of hydrogen-bond acceptors (Lipinski definition) is 3. The van der Waals surface area contributed by atoms with Crippen molar-refractivity contribution in [3.05, 3.63) is 30.6 Å². The Bertz CT molecular complexity index is 256. The van der Waals surface area contributed by atoms with E-state index < -0.39 is 0 Å². The van der Waals surface area contributed by atoms with Crippen molar-refractivity contribution in [2.45, 2.75) is 13.8 Å². The highest BCUT2D eigenvalue weighted by Crippen LogP contribution is 2.06. The van der Waals surface area contributed by atoms with Gasteiger partial charge in [0.1, 0.15) is 0 Å². The van der Waals surface area contributed by atoms with E-state index in [1.165, 1.54) is 0 Å². The van der Waals surface area contributed by atoms with Gasteiger partial charge in [0.2, 0.25) is 0 Å². The molecule has 0 radical (unpaired) electrons. The predicted molar refractivity (Wildman–Crippen MR) is 53.2 cm³/mol. The summed E-state index contributed by atoms with van der Waals surface area (Å²) in [6.45, 7) is 7.53. The summed E-state index contributed by atoms with van der Waals surface area (Å²) in [5.74, 6) is 0. The van der Waals surface area contributed by atoms with Gasteiger partial charge in [0.05, 0.1) is 11.4 Å². The molecule has 0 aromatic carbocycles. The molecule has 0 fully saturated rings. The third-order valence-electron chi connectivity index (χ3n) is 1.11. The van der Waals surface area contributed by atoms with Gasteiger partial charge in [-0.15, -0.1) is 0 Å². The van der Waals surface area contributed by atoms with Crippen LogP contribution in [0.3, 0.4) is 0 Å². The number of nitrogens with two attached hydrogens (primary N) is 2. The first kappa shape index (κ1) is 10.5. The summed E-state index contributed by atoms with van der Waals surface area (Å²) in [7, 11) is 0. The Morgan fingerprint density at radius 1 is 1.50 bits per heavy atom. The summed E-state index contributed by atoms with van der Waals surface area (Å²) < 4.78 is 0. The van der Waals surface area contributed by atoms with Crippen LogP contribution in [-0.4, -0.2) is 4.98 Å². The molecule has 0 bridgehead atoms. The number of anilines is 1. The van der Waals surface area contributed by atoms with Crippen LogP contribution in [0.1, 0.15) is 19.5 Å². The van der Waals surface area contributed by atoms with E-state index in [2.05, 4.69) is 11.6 Å². The van der Waals surface area contributed by atoms with Gasteiger partial charge in [0.15, 0.2) is 0 Å². The number of rotatable bonds is 1. The molecule has 0 spiro atoms. The van der Waals surface area contributed by atoms with Crippen LogP contribution in [0, 0.1) is 0 Å². The van der Waals surface area contributed by atoms with Crippen molar-refractivity contribution in [2.24, 2.45) is 5.73 Å². The van der Waals surface area contributed by atoms with Crippen LogP contribution >= 0.6 is 0 Å². The van der Waals surface area contributed by atoms with E-state index in [-0.39, 0.29) is 0 Å². The monoisotopic (exact) mass is 165 g/mol. The average Bonchev–Trinajstić information content (AvgIpc) is 2.08. The topological polar surface area (TPSA) is 64.9 Å². The Hall–Kier alpha value is -1.51. The molecule has 1 aromatic rings. The van der Waals surface area contributed by atoms with E-state index in [0.717, 1.165) is 0 Å². The molecule has 3 heteroatoms. The highest BCUT2D eigenvalue weighted by Gasteiger charge is 1.93. The molecule has 0 aliphatic rings. The number of hydrogen-bond donors (Lipinski definition) is 2. The molecular formula is C9H15N3. The minimum absolute atomic E-state index is 0.437. The normalized spacial score (nSPS) is 8.17. The van der Waals surface area contributed by atoms with Crippen molar-refractivity contribution >= 4 is 11.4 Å². The van der Waals surface area contributed by atoms with Gasteiger partial charge in [-0.05, 0) is 12.1 Å². The lowest BCUT2D eigenvalue weighted by Gasteiger charge is -1.97. The summed E-state index contributed by atoms with van der Waals surface area (Å²) in [6.07, 6.45) is 1.60. The zero-order valence-corrected chi connectivity index (χ0v) is 7.54. The number of nitrogen functional groups attached to an aromatic ring is 1. The first-order chi connectivity index (χ1) is 5.70. The molecule has 1 heterocycles. The molecule has 4 N–H and O–H groups in total. The zero-order valence-electron chi connectivity index (χ0n) is 7.54. The number of aromatic nitrogens is 1. The highest BCUT2D eigenvalue weighted by atomic mass is 14.7. The van der Waals surface area contributed by atoms with Crippen LogP contribution < -0.4 is 11.5 Å². The molecule has 66 valence electrons. The maximum Gasteiger partial charge on any atom is 0.0873 e. The molecule has 0 aliphatic carbocycles. The molecule has 0 atom stereocenters. The minimum atomic E-state index is 0.437. The Morgan fingerprint density at radius 2 is 2.08 bits per heavy atom. The van der Waals surface area contributed by atoms with Crippen LogP contribution in [0.25, 0.3) is 5.70 Å². The van der Waals surface area contributed by atoms with Crippen molar-refractivity contribution in [1.82, 2.24) is 4.98 Å². The molecule has 0 amide bonds. The lowest BCUT2D eigenvalue weighted by atomic mass is 10.3. The van der Waals surface area contributed by atoms with Gasteiger partial charge in [0, 0.05) is 11.9 Å². The maximum absolute atomic E-state index is 5.46. The van der Waals surface area contributed by atoms with Crippen molar-refractivity contribution in [3.8, 4) is 0 Å². The van der Waals surface area contributed by atoms with Crippen molar-refractivity contribution in [3.63, 3.8) is 0 Å². The van der Waals surface area contributed by atoms with E-state index in [9.17, 15) is 0 Å². The third-order valence-corrected chi connectivity index (χ3v) is 1.11. The van der Waals surface area contributed by atoms with Gasteiger partial charge in [-0.2, -0.15) is 0 Å². The van der Waals surface area contributed by atoms with Gasteiger partial charge in [-0.3, -0.25) is 4.98 Å². The molecule has 0 saturated carbocycles. The second-order valence-corrected chi connectivity index (χ2v) is 2.00. The molecule has 1 aromatic heterocycles. The van der Waals surface area contributed by atoms with E-state index in [1.807, 2.05) is 13.8 Å². The fourth-order valence-electron chi connectivity index (χ4n) is 0.622. The second-order valence-electron chi connectivity index (χ2n) is 2.00. The van der Waals surface area contributed by atoms with Gasteiger partial charge < -0.3 is 11.5 Å². The molecule has 0 unspecified atom stereocenters. The molecule has 0 saturated heterocycles. The standard InChI is InChI=1S/C7H9N3.C2H6/c1-5(8)7-4-6(9)2-3-10-7;1-2/h2-4H,1,8H2,(H2,9,10);1-2H3. The van der Waals surface area contributed by atoms with E-state index in [1.54, 1.807) is 18.3 Å². The van der Waals surface area contributed by atoms with Crippen LogP contribution in [0.5, 0.6) is 0 Å². The lowest BCUT2D eigenvalue weighted by Crippen LogP contribution is -1.97. The van der Waals surface area contributed by atoms with E-state index in [4.69, 9.17) is 11.5 Å². The largest absolute Gasteiger partial charge is 0.399 e. The van der Waals surface area contributed by atoms with Gasteiger partial charge >= 0.3 is 0 Å². The zero-order chi connectivity index (χ0) is 9.56. The predicted octanol–water partition coefficient (Wildman–Crippen LogP) is 1.62. The van der Waals surface area contributed by atoms with Crippen LogP contribution in [0.4, 0.5) is 5.69 Å². The van der Waals surface area contributed by atoms with Gasteiger partial charge in [-0.1, -0.05) is 20.4 Å².